The second kappa shape index (κ2) is 8.64. The SMILES string of the molecule is COc1cc(OC)cc(N2CCC(NC(=O)N(C)CC(C)C(=O)O)C2)c1. The summed E-state index contributed by atoms with van der Waals surface area (Å²) in [4.78, 5) is 26.8. The Hall–Kier alpha value is -2.64. The van der Waals surface area contributed by atoms with Crippen LogP contribution in [0.1, 0.15) is 13.3 Å². The highest BCUT2D eigenvalue weighted by atomic mass is 16.5. The van der Waals surface area contributed by atoms with Crippen molar-refractivity contribution < 1.29 is 24.2 Å². The molecule has 0 bridgehead atoms. The molecule has 144 valence electrons. The third kappa shape index (κ3) is 4.93. The second-order valence-corrected chi connectivity index (χ2v) is 6.57. The normalized spacial score (nSPS) is 17.5. The lowest BCUT2D eigenvalue weighted by molar-refractivity contribution is -0.141. The maximum Gasteiger partial charge on any atom is 0.317 e. The average Bonchev–Trinajstić information content (AvgIpc) is 3.09. The highest BCUT2D eigenvalue weighted by Gasteiger charge is 2.26. The van der Waals surface area contributed by atoms with Crippen LogP contribution in [0.3, 0.4) is 0 Å². The Bertz CT molecular complexity index is 629. The number of carboxylic acids is 1. The first-order chi connectivity index (χ1) is 12.3. The number of rotatable bonds is 7. The second-order valence-electron chi connectivity index (χ2n) is 6.57. The molecule has 1 aliphatic rings. The largest absolute Gasteiger partial charge is 0.497 e. The van der Waals surface area contributed by atoms with E-state index < -0.39 is 11.9 Å². The number of urea groups is 1. The van der Waals surface area contributed by atoms with Crippen LogP contribution in [0.5, 0.6) is 11.5 Å². The minimum Gasteiger partial charge on any atom is -0.497 e. The highest BCUT2D eigenvalue weighted by molar-refractivity contribution is 5.76. The van der Waals surface area contributed by atoms with Gasteiger partial charge in [0.2, 0.25) is 0 Å². The minimum atomic E-state index is -0.913. The van der Waals surface area contributed by atoms with E-state index in [0.717, 1.165) is 18.7 Å². The van der Waals surface area contributed by atoms with E-state index in [0.29, 0.717) is 18.0 Å². The zero-order chi connectivity index (χ0) is 19.3. The Morgan fingerprint density at radius 1 is 1.31 bits per heavy atom. The topological polar surface area (TPSA) is 91.3 Å². The van der Waals surface area contributed by atoms with Crippen molar-refractivity contribution >= 4 is 17.7 Å². The Morgan fingerprint density at radius 3 is 2.46 bits per heavy atom. The zero-order valence-corrected chi connectivity index (χ0v) is 15.7. The van der Waals surface area contributed by atoms with Crippen molar-refractivity contribution in [1.29, 1.82) is 0 Å². The molecule has 2 unspecified atom stereocenters. The maximum atomic E-state index is 12.3. The molecule has 1 aliphatic heterocycles. The quantitative estimate of drug-likeness (QED) is 0.763. The fraction of sp³-hybridized carbons (Fsp3) is 0.556. The van der Waals surface area contributed by atoms with Crippen molar-refractivity contribution in [2.24, 2.45) is 5.92 Å². The molecule has 1 aromatic rings. The summed E-state index contributed by atoms with van der Waals surface area (Å²) in [5.41, 5.74) is 0.978. The van der Waals surface area contributed by atoms with Gasteiger partial charge >= 0.3 is 12.0 Å². The van der Waals surface area contributed by atoms with Crippen LogP contribution in [0.2, 0.25) is 0 Å². The molecule has 2 amide bonds. The molecule has 1 saturated heterocycles. The van der Waals surface area contributed by atoms with Crippen molar-refractivity contribution in [3.63, 3.8) is 0 Å². The van der Waals surface area contributed by atoms with Crippen molar-refractivity contribution in [3.05, 3.63) is 18.2 Å². The molecule has 26 heavy (non-hydrogen) atoms. The smallest absolute Gasteiger partial charge is 0.317 e. The number of hydrogen-bond acceptors (Lipinski definition) is 5. The monoisotopic (exact) mass is 365 g/mol. The van der Waals surface area contributed by atoms with Crippen LogP contribution in [0.25, 0.3) is 0 Å². The summed E-state index contributed by atoms with van der Waals surface area (Å²) in [6, 6.07) is 5.44. The van der Waals surface area contributed by atoms with Gasteiger partial charge in [-0.2, -0.15) is 0 Å². The van der Waals surface area contributed by atoms with Gasteiger partial charge in [0.25, 0.3) is 0 Å². The van der Waals surface area contributed by atoms with E-state index >= 15 is 0 Å². The number of nitrogens with zero attached hydrogens (tertiary/aromatic N) is 2. The van der Waals surface area contributed by atoms with E-state index in [1.165, 1.54) is 4.90 Å². The molecule has 0 saturated carbocycles. The Morgan fingerprint density at radius 2 is 1.92 bits per heavy atom. The van der Waals surface area contributed by atoms with E-state index in [-0.39, 0.29) is 18.6 Å². The number of carbonyl (C=O) groups excluding carboxylic acids is 1. The Kier molecular flexibility index (Phi) is 6.54. The minimum absolute atomic E-state index is 0.00211. The Balaban J connectivity index is 1.94. The lowest BCUT2D eigenvalue weighted by Gasteiger charge is -2.23. The van der Waals surface area contributed by atoms with Gasteiger partial charge in [-0.15, -0.1) is 0 Å². The van der Waals surface area contributed by atoms with Gasteiger partial charge in [0.15, 0.2) is 0 Å². The lowest BCUT2D eigenvalue weighted by Crippen LogP contribution is -2.46. The third-order valence-electron chi connectivity index (χ3n) is 4.53. The van der Waals surface area contributed by atoms with E-state index in [9.17, 15) is 9.59 Å². The van der Waals surface area contributed by atoms with Crippen LogP contribution in [0.15, 0.2) is 18.2 Å². The van der Waals surface area contributed by atoms with Gasteiger partial charge in [-0.3, -0.25) is 4.79 Å². The summed E-state index contributed by atoms with van der Waals surface area (Å²) in [6.07, 6.45) is 0.813. The standard InChI is InChI=1S/C18H27N3O5/c1-12(17(22)23)10-20(2)18(24)19-13-5-6-21(11-13)14-7-15(25-3)9-16(8-14)26-4/h7-9,12-13H,5-6,10-11H2,1-4H3,(H,19,24)(H,22,23). The Labute approximate surface area is 153 Å². The lowest BCUT2D eigenvalue weighted by atomic mass is 10.2. The third-order valence-corrected chi connectivity index (χ3v) is 4.53. The number of aliphatic carboxylic acids is 1. The molecule has 2 N–H and O–H groups in total. The molecular weight excluding hydrogens is 338 g/mol. The van der Waals surface area contributed by atoms with E-state index in [1.54, 1.807) is 28.2 Å². The number of anilines is 1. The fourth-order valence-corrected chi connectivity index (χ4v) is 2.94. The molecule has 0 aliphatic carbocycles. The molecule has 1 fully saturated rings. The molecule has 0 aromatic heterocycles. The van der Waals surface area contributed by atoms with Gasteiger partial charge in [0, 0.05) is 56.6 Å². The van der Waals surface area contributed by atoms with Crippen LogP contribution in [0.4, 0.5) is 10.5 Å². The van der Waals surface area contributed by atoms with Crippen LogP contribution >= 0.6 is 0 Å². The van der Waals surface area contributed by atoms with E-state index in [2.05, 4.69) is 10.2 Å². The zero-order valence-electron chi connectivity index (χ0n) is 15.7. The number of ether oxygens (including phenoxy) is 2. The first-order valence-electron chi connectivity index (χ1n) is 8.56. The van der Waals surface area contributed by atoms with Gasteiger partial charge in [-0.05, 0) is 6.42 Å². The van der Waals surface area contributed by atoms with Gasteiger partial charge in [0.05, 0.1) is 20.1 Å². The predicted octanol–water partition coefficient (Wildman–Crippen LogP) is 1.64. The predicted molar refractivity (Wildman–Crippen MR) is 98.1 cm³/mol. The molecule has 0 spiro atoms. The summed E-state index contributed by atoms with van der Waals surface area (Å²) < 4.78 is 10.6. The molecule has 1 heterocycles. The van der Waals surface area contributed by atoms with Crippen molar-refractivity contribution in [3.8, 4) is 11.5 Å². The van der Waals surface area contributed by atoms with Crippen LogP contribution in [0, 0.1) is 5.92 Å². The highest BCUT2D eigenvalue weighted by Crippen LogP contribution is 2.30. The number of carbonyl (C=O) groups is 2. The van der Waals surface area contributed by atoms with Crippen molar-refractivity contribution in [1.82, 2.24) is 10.2 Å². The molecule has 8 nitrogen and oxygen atoms in total. The van der Waals surface area contributed by atoms with Gasteiger partial charge in [-0.1, -0.05) is 6.92 Å². The molecule has 0 radical (unpaired) electrons. The summed E-state index contributed by atoms with van der Waals surface area (Å²) >= 11 is 0. The van der Waals surface area contributed by atoms with Gasteiger partial charge < -0.3 is 29.7 Å². The molecule has 1 aromatic carbocycles. The first-order valence-corrected chi connectivity index (χ1v) is 8.56. The van der Waals surface area contributed by atoms with Crippen LogP contribution in [-0.4, -0.2) is 69.0 Å². The average molecular weight is 365 g/mol. The maximum absolute atomic E-state index is 12.3. The fourth-order valence-electron chi connectivity index (χ4n) is 2.94. The first kappa shape index (κ1) is 19.7. The number of benzene rings is 1. The number of carboxylic acid groups (broad SMARTS) is 1. The van der Waals surface area contributed by atoms with Gasteiger partial charge in [-0.25, -0.2) is 4.79 Å². The van der Waals surface area contributed by atoms with Crippen LogP contribution < -0.4 is 19.7 Å². The summed E-state index contributed by atoms with van der Waals surface area (Å²) in [6.45, 7) is 3.23. The number of nitrogens with one attached hydrogen (secondary N) is 1. The molecule has 8 heteroatoms. The van der Waals surface area contributed by atoms with Crippen LogP contribution in [-0.2, 0) is 4.79 Å². The number of methoxy groups -OCH3 is 2. The number of hydrogen-bond donors (Lipinski definition) is 2. The molecular formula is C18H27N3O5. The van der Waals surface area contributed by atoms with E-state index in [4.69, 9.17) is 14.6 Å². The number of amides is 2. The molecule has 2 rings (SSSR count). The summed E-state index contributed by atoms with van der Waals surface area (Å²) in [5.74, 6) is -0.0813. The summed E-state index contributed by atoms with van der Waals surface area (Å²) in [7, 11) is 4.83. The van der Waals surface area contributed by atoms with Crippen molar-refractivity contribution in [2.45, 2.75) is 19.4 Å². The van der Waals surface area contributed by atoms with E-state index in [1.807, 2.05) is 18.2 Å². The molecule has 2 atom stereocenters. The van der Waals surface area contributed by atoms with Gasteiger partial charge in [0.1, 0.15) is 11.5 Å². The van der Waals surface area contributed by atoms with Crippen molar-refractivity contribution in [2.75, 3.05) is 45.8 Å². The summed E-state index contributed by atoms with van der Waals surface area (Å²) in [5, 5.41) is 11.9.